The highest BCUT2D eigenvalue weighted by atomic mass is 32.2. The molecular formula is C3H4O2S2+2. The van der Waals surface area contributed by atoms with Crippen LogP contribution in [0.5, 0.6) is 0 Å². The second-order valence-electron chi connectivity index (χ2n) is 0.797. The Hall–Kier alpha value is -0.220. The van der Waals surface area contributed by atoms with Crippen molar-refractivity contribution in [3.8, 4) is 0 Å². The van der Waals surface area contributed by atoms with E-state index in [4.69, 9.17) is 0 Å². The fraction of sp³-hybridized carbons (Fsp3) is 0.333. The number of hydrogen-bond donors (Lipinski definition) is 0. The largest absolute Gasteiger partial charge is 0.540 e. The lowest BCUT2D eigenvalue weighted by Gasteiger charge is -1.50. The van der Waals surface area contributed by atoms with Gasteiger partial charge in [-0.2, -0.15) is 0 Å². The Morgan fingerprint density at radius 1 is 1.43 bits per heavy atom. The van der Waals surface area contributed by atoms with E-state index in [0.29, 0.717) is 0 Å². The summed E-state index contributed by atoms with van der Waals surface area (Å²) in [6.45, 7) is 3.26. The predicted octanol–water partition coefficient (Wildman–Crippen LogP) is 0.355. The highest BCUT2D eigenvalue weighted by Crippen LogP contribution is 1.82. The number of hydrogen-bond acceptors (Lipinski definition) is 2. The van der Waals surface area contributed by atoms with Gasteiger partial charge in [-0.15, -0.1) is 0 Å². The molecule has 0 N–H and O–H groups in total. The summed E-state index contributed by atoms with van der Waals surface area (Å²) >= 11 is 0.505. The molecule has 0 saturated carbocycles. The molecule has 4 heteroatoms. The van der Waals surface area contributed by atoms with E-state index in [9.17, 15) is 8.42 Å². The maximum atomic E-state index is 9.72. The van der Waals surface area contributed by atoms with Crippen molar-refractivity contribution in [2.24, 2.45) is 0 Å². The van der Waals surface area contributed by atoms with Gasteiger partial charge in [0.05, 0.1) is 0 Å². The van der Waals surface area contributed by atoms with E-state index in [1.807, 2.05) is 0 Å². The van der Waals surface area contributed by atoms with Crippen LogP contribution in [0.25, 0.3) is 0 Å². The second-order valence-corrected chi connectivity index (χ2v) is 2.50. The summed E-state index contributed by atoms with van der Waals surface area (Å²) in [5.74, 6) is 0. The molecule has 0 aromatic carbocycles. The predicted molar refractivity (Wildman–Crippen MR) is 30.1 cm³/mol. The van der Waals surface area contributed by atoms with Crippen LogP contribution < -0.4 is 0 Å². The second kappa shape index (κ2) is 3.95. The molecule has 0 spiro atoms. The lowest BCUT2D eigenvalue weighted by atomic mass is 10.8. The Balaban J connectivity index is 3.57. The molecule has 38 valence electrons. The lowest BCUT2D eigenvalue weighted by molar-refractivity contribution is 0.599. The van der Waals surface area contributed by atoms with E-state index in [2.05, 4.69) is 6.58 Å². The van der Waals surface area contributed by atoms with Gasteiger partial charge in [0.2, 0.25) is 0 Å². The third-order valence-electron chi connectivity index (χ3n) is 0.382. The summed E-state index contributed by atoms with van der Waals surface area (Å²) in [6, 6.07) is 0. The Bertz CT molecular complexity index is 71.9. The molecule has 0 amide bonds. The van der Waals surface area contributed by atoms with Crippen LogP contribution in [0.4, 0.5) is 0 Å². The zero-order chi connectivity index (χ0) is 5.70. The van der Waals surface area contributed by atoms with Crippen LogP contribution >= 0.6 is 0 Å². The van der Waals surface area contributed by atoms with Gasteiger partial charge < -0.3 is 0 Å². The van der Waals surface area contributed by atoms with Gasteiger partial charge >= 0.3 is 27.9 Å². The molecular weight excluding hydrogens is 132 g/mol. The maximum Gasteiger partial charge on any atom is 0.540 e. The summed E-state index contributed by atoms with van der Waals surface area (Å²) < 4.78 is 18.9. The highest BCUT2D eigenvalue weighted by molar-refractivity contribution is 7.85. The van der Waals surface area contributed by atoms with Crippen molar-refractivity contribution >= 4 is 23.3 Å². The van der Waals surface area contributed by atoms with Crippen LogP contribution in [-0.2, 0) is 31.8 Å². The zero-order valence-electron chi connectivity index (χ0n) is 3.49. The molecule has 0 aliphatic rings. The average molecular weight is 136 g/mol. The molecule has 0 saturated heterocycles. The molecule has 0 aliphatic carbocycles. The van der Waals surface area contributed by atoms with Gasteiger partial charge in [0.15, 0.2) is 0 Å². The molecule has 0 atom stereocenters. The molecule has 0 aromatic rings. The van der Waals surface area contributed by atoms with Crippen molar-refractivity contribution in [3.63, 3.8) is 0 Å². The summed E-state index contributed by atoms with van der Waals surface area (Å²) in [5, 5.41) is 0. The third kappa shape index (κ3) is 2.47. The first-order valence-electron chi connectivity index (χ1n) is 1.55. The van der Waals surface area contributed by atoms with E-state index in [-0.39, 0.29) is 23.3 Å². The van der Waals surface area contributed by atoms with E-state index >= 15 is 0 Å². The van der Waals surface area contributed by atoms with Gasteiger partial charge in [-0.3, -0.25) is 0 Å². The van der Waals surface area contributed by atoms with Crippen LogP contribution in [0.3, 0.4) is 0 Å². The van der Waals surface area contributed by atoms with Crippen LogP contribution in [0.15, 0.2) is 12.7 Å². The van der Waals surface area contributed by atoms with Gasteiger partial charge in [-0.1, -0.05) is 6.58 Å². The van der Waals surface area contributed by atoms with Gasteiger partial charge in [-0.05, 0) is 0 Å². The maximum absolute atomic E-state index is 9.72. The van der Waals surface area contributed by atoms with E-state index < -0.39 is 4.58 Å². The summed E-state index contributed by atoms with van der Waals surface area (Å²) in [7, 11) is 0. The normalized spacial score (nSPS) is 8.14. The standard InChI is InChI=1S/C3H4O2S2/c1-2-3(6-4)7-5/h2-3H,1H2/q+2. The molecule has 7 heavy (non-hydrogen) atoms. The minimum Gasteiger partial charge on any atom is -0.0912 e. The fourth-order valence-corrected chi connectivity index (χ4v) is 0.380. The van der Waals surface area contributed by atoms with Crippen LogP contribution in [-0.4, -0.2) is 4.58 Å². The minimum absolute atomic E-state index is 0.252. The summed E-state index contributed by atoms with van der Waals surface area (Å²) in [6.07, 6.45) is 1.33. The molecule has 0 aromatic heterocycles. The van der Waals surface area contributed by atoms with E-state index in [0.717, 1.165) is 0 Å². The SMILES string of the molecule is C=CC([S+]=O)[S+]=O. The molecule has 0 heterocycles. The van der Waals surface area contributed by atoms with Crippen LogP contribution in [0.1, 0.15) is 0 Å². The smallest absolute Gasteiger partial charge is 0.0912 e. The first-order valence-corrected chi connectivity index (χ1v) is 3.16. The summed E-state index contributed by atoms with van der Waals surface area (Å²) in [5.41, 5.74) is 0. The third-order valence-corrected chi connectivity index (χ3v) is 1.62. The first-order chi connectivity index (χ1) is 3.35. The molecule has 0 bridgehead atoms. The molecule has 0 unspecified atom stereocenters. The van der Waals surface area contributed by atoms with Crippen molar-refractivity contribution in [2.75, 3.05) is 0 Å². The van der Waals surface area contributed by atoms with Crippen molar-refractivity contribution < 1.29 is 8.42 Å². The van der Waals surface area contributed by atoms with Gasteiger partial charge in [-0.25, -0.2) is 0 Å². The monoisotopic (exact) mass is 136 g/mol. The Kier molecular flexibility index (Phi) is 3.83. The Morgan fingerprint density at radius 2 is 1.86 bits per heavy atom. The Morgan fingerprint density at radius 3 is 1.86 bits per heavy atom. The van der Waals surface area contributed by atoms with Crippen molar-refractivity contribution in [2.45, 2.75) is 4.58 Å². The number of rotatable bonds is 3. The van der Waals surface area contributed by atoms with Gasteiger partial charge in [0, 0.05) is 14.5 Å². The van der Waals surface area contributed by atoms with Crippen LogP contribution in [0, 0.1) is 0 Å². The first kappa shape index (κ1) is 6.78. The lowest BCUT2D eigenvalue weighted by Crippen LogP contribution is -1.94. The van der Waals surface area contributed by atoms with Gasteiger partial charge in [0.1, 0.15) is 0 Å². The van der Waals surface area contributed by atoms with Crippen molar-refractivity contribution in [1.29, 1.82) is 0 Å². The molecule has 0 radical (unpaired) electrons. The van der Waals surface area contributed by atoms with Gasteiger partial charge in [0.25, 0.3) is 0 Å². The molecule has 0 aliphatic heterocycles. The zero-order valence-corrected chi connectivity index (χ0v) is 5.13. The topological polar surface area (TPSA) is 34.1 Å². The Labute approximate surface area is 49.6 Å². The molecule has 2 nitrogen and oxygen atoms in total. The average Bonchev–Trinajstić information content (AvgIpc) is 1.72. The highest BCUT2D eigenvalue weighted by Gasteiger charge is 2.30. The fourth-order valence-electron chi connectivity index (χ4n) is 0.0946. The van der Waals surface area contributed by atoms with Crippen molar-refractivity contribution in [3.05, 3.63) is 12.7 Å². The van der Waals surface area contributed by atoms with E-state index in [1.165, 1.54) is 6.08 Å². The van der Waals surface area contributed by atoms with Crippen molar-refractivity contribution in [1.82, 2.24) is 0 Å². The molecule has 0 fully saturated rings. The quantitative estimate of drug-likeness (QED) is 0.319. The minimum atomic E-state index is -0.528. The molecule has 0 rings (SSSR count). The van der Waals surface area contributed by atoms with Crippen LogP contribution in [0.2, 0.25) is 0 Å². The summed E-state index contributed by atoms with van der Waals surface area (Å²) in [4.78, 5) is 0. The van der Waals surface area contributed by atoms with E-state index in [1.54, 1.807) is 0 Å².